The Morgan fingerprint density at radius 2 is 1.80 bits per heavy atom. The van der Waals surface area contributed by atoms with Crippen molar-refractivity contribution >= 4 is 0 Å². The quantitative estimate of drug-likeness (QED) is 0.809. The fourth-order valence-electron chi connectivity index (χ4n) is 2.01. The fourth-order valence-corrected chi connectivity index (χ4v) is 2.01. The molecule has 0 atom stereocenters. The van der Waals surface area contributed by atoms with E-state index in [2.05, 4.69) is 36.5 Å². The minimum absolute atomic E-state index is 0.0493. The summed E-state index contributed by atoms with van der Waals surface area (Å²) in [6, 6.07) is 8.87. The van der Waals surface area contributed by atoms with Crippen LogP contribution in [0.4, 0.5) is 0 Å². The molecule has 1 heterocycles. The summed E-state index contributed by atoms with van der Waals surface area (Å²) in [6.45, 7) is 4.12. The summed E-state index contributed by atoms with van der Waals surface area (Å²) in [6.07, 6.45) is 2.12. The first-order valence-corrected chi connectivity index (χ1v) is 5.62. The van der Waals surface area contributed by atoms with E-state index in [1.54, 1.807) is 7.11 Å². The van der Waals surface area contributed by atoms with E-state index in [4.69, 9.17) is 4.74 Å². The van der Waals surface area contributed by atoms with Gasteiger partial charge < -0.3 is 10.1 Å². The molecule has 0 aromatic heterocycles. The predicted molar refractivity (Wildman–Crippen MR) is 62.1 cm³/mol. The number of rotatable bonds is 4. The van der Waals surface area contributed by atoms with Gasteiger partial charge in [-0.3, -0.25) is 0 Å². The molecule has 1 saturated heterocycles. The van der Waals surface area contributed by atoms with Crippen LogP contribution in [-0.4, -0.2) is 25.8 Å². The number of hydrogen-bond donors (Lipinski definition) is 1. The summed E-state index contributed by atoms with van der Waals surface area (Å²) < 4.78 is 5.57. The van der Waals surface area contributed by atoms with Gasteiger partial charge in [0.2, 0.25) is 0 Å². The monoisotopic (exact) mass is 205 g/mol. The second-order valence-electron chi connectivity index (χ2n) is 4.34. The SMILES string of the molecule is CCc1ccc(CC2(OC)CNC2)cc1. The Morgan fingerprint density at radius 1 is 1.20 bits per heavy atom. The van der Waals surface area contributed by atoms with Crippen LogP contribution in [0.2, 0.25) is 0 Å². The summed E-state index contributed by atoms with van der Waals surface area (Å²) in [5.41, 5.74) is 2.82. The summed E-state index contributed by atoms with van der Waals surface area (Å²) in [4.78, 5) is 0. The van der Waals surface area contributed by atoms with E-state index in [0.29, 0.717) is 0 Å². The molecular weight excluding hydrogens is 186 g/mol. The highest BCUT2D eigenvalue weighted by atomic mass is 16.5. The molecule has 0 saturated carbocycles. The minimum Gasteiger partial charge on any atom is -0.375 e. The van der Waals surface area contributed by atoms with Crippen LogP contribution in [0, 0.1) is 0 Å². The lowest BCUT2D eigenvalue weighted by molar-refractivity contribution is -0.0502. The van der Waals surface area contributed by atoms with Gasteiger partial charge in [0, 0.05) is 26.6 Å². The molecule has 2 nitrogen and oxygen atoms in total. The van der Waals surface area contributed by atoms with Crippen LogP contribution in [-0.2, 0) is 17.6 Å². The lowest BCUT2D eigenvalue weighted by atomic mass is 9.88. The van der Waals surface area contributed by atoms with Crippen LogP contribution < -0.4 is 5.32 Å². The first-order chi connectivity index (χ1) is 7.28. The second kappa shape index (κ2) is 4.33. The molecular formula is C13H19NO. The number of nitrogens with one attached hydrogen (secondary N) is 1. The molecule has 1 aromatic carbocycles. The Morgan fingerprint density at radius 3 is 2.20 bits per heavy atom. The molecule has 1 N–H and O–H groups in total. The van der Waals surface area contributed by atoms with Crippen molar-refractivity contribution in [2.24, 2.45) is 0 Å². The van der Waals surface area contributed by atoms with E-state index in [9.17, 15) is 0 Å². The number of hydrogen-bond acceptors (Lipinski definition) is 2. The van der Waals surface area contributed by atoms with Crippen LogP contribution in [0.15, 0.2) is 24.3 Å². The second-order valence-corrected chi connectivity index (χ2v) is 4.34. The number of ether oxygens (including phenoxy) is 1. The first-order valence-electron chi connectivity index (χ1n) is 5.62. The van der Waals surface area contributed by atoms with E-state index in [-0.39, 0.29) is 5.60 Å². The van der Waals surface area contributed by atoms with Crippen molar-refractivity contribution in [2.45, 2.75) is 25.4 Å². The maximum Gasteiger partial charge on any atom is 0.0966 e. The molecule has 0 aliphatic carbocycles. The van der Waals surface area contributed by atoms with Crippen LogP contribution in [0.5, 0.6) is 0 Å². The van der Waals surface area contributed by atoms with E-state index in [1.165, 1.54) is 11.1 Å². The lowest BCUT2D eigenvalue weighted by Gasteiger charge is -2.41. The molecule has 0 spiro atoms. The summed E-state index contributed by atoms with van der Waals surface area (Å²) in [5.74, 6) is 0. The van der Waals surface area contributed by atoms with Gasteiger partial charge in [0.1, 0.15) is 0 Å². The van der Waals surface area contributed by atoms with Gasteiger partial charge in [0.25, 0.3) is 0 Å². The first kappa shape index (κ1) is 10.7. The van der Waals surface area contributed by atoms with Gasteiger partial charge in [-0.15, -0.1) is 0 Å². The third kappa shape index (κ3) is 2.21. The molecule has 2 heteroatoms. The van der Waals surface area contributed by atoms with Crippen molar-refractivity contribution in [3.8, 4) is 0 Å². The summed E-state index contributed by atoms with van der Waals surface area (Å²) in [5, 5.41) is 3.27. The Bertz CT molecular complexity index is 308. The van der Waals surface area contributed by atoms with Gasteiger partial charge in [-0.25, -0.2) is 0 Å². The Kier molecular flexibility index (Phi) is 3.08. The van der Waals surface area contributed by atoms with Gasteiger partial charge in [0.15, 0.2) is 0 Å². The molecule has 2 rings (SSSR count). The average Bonchev–Trinajstić information content (AvgIpc) is 2.24. The molecule has 1 aromatic rings. The van der Waals surface area contributed by atoms with Crippen molar-refractivity contribution in [1.29, 1.82) is 0 Å². The van der Waals surface area contributed by atoms with E-state index >= 15 is 0 Å². The standard InChI is InChI=1S/C13H19NO/c1-3-11-4-6-12(7-5-11)8-13(15-2)9-14-10-13/h4-7,14H,3,8-10H2,1-2H3. The van der Waals surface area contributed by atoms with Gasteiger partial charge in [-0.05, 0) is 17.5 Å². The number of aryl methyl sites for hydroxylation is 1. The number of methoxy groups -OCH3 is 1. The Hall–Kier alpha value is -0.860. The van der Waals surface area contributed by atoms with E-state index in [0.717, 1.165) is 25.9 Å². The summed E-state index contributed by atoms with van der Waals surface area (Å²) in [7, 11) is 1.81. The van der Waals surface area contributed by atoms with Crippen molar-refractivity contribution in [2.75, 3.05) is 20.2 Å². The zero-order valence-corrected chi connectivity index (χ0v) is 9.55. The highest BCUT2D eigenvalue weighted by molar-refractivity contribution is 5.24. The molecule has 1 aliphatic heterocycles. The van der Waals surface area contributed by atoms with Crippen molar-refractivity contribution < 1.29 is 4.74 Å². The zero-order chi connectivity index (χ0) is 10.7. The van der Waals surface area contributed by atoms with Gasteiger partial charge in [0.05, 0.1) is 5.60 Å². The smallest absolute Gasteiger partial charge is 0.0966 e. The highest BCUT2D eigenvalue weighted by Crippen LogP contribution is 2.21. The van der Waals surface area contributed by atoms with Crippen LogP contribution in [0.25, 0.3) is 0 Å². The fraction of sp³-hybridized carbons (Fsp3) is 0.538. The van der Waals surface area contributed by atoms with Gasteiger partial charge in [-0.2, -0.15) is 0 Å². The number of benzene rings is 1. The van der Waals surface area contributed by atoms with Crippen molar-refractivity contribution in [3.05, 3.63) is 35.4 Å². The average molecular weight is 205 g/mol. The van der Waals surface area contributed by atoms with Crippen molar-refractivity contribution in [1.82, 2.24) is 5.32 Å². The molecule has 1 aliphatic rings. The molecule has 15 heavy (non-hydrogen) atoms. The zero-order valence-electron chi connectivity index (χ0n) is 9.55. The van der Waals surface area contributed by atoms with E-state index < -0.39 is 0 Å². The van der Waals surface area contributed by atoms with Crippen LogP contribution in [0.3, 0.4) is 0 Å². The van der Waals surface area contributed by atoms with Crippen LogP contribution >= 0.6 is 0 Å². The topological polar surface area (TPSA) is 21.3 Å². The minimum atomic E-state index is 0.0493. The Balaban J connectivity index is 2.03. The third-order valence-electron chi connectivity index (χ3n) is 3.28. The molecule has 82 valence electrons. The van der Waals surface area contributed by atoms with E-state index in [1.807, 2.05) is 0 Å². The van der Waals surface area contributed by atoms with Gasteiger partial charge >= 0.3 is 0 Å². The normalized spacial score (nSPS) is 18.5. The van der Waals surface area contributed by atoms with Gasteiger partial charge in [-0.1, -0.05) is 31.2 Å². The molecule has 0 unspecified atom stereocenters. The van der Waals surface area contributed by atoms with Crippen molar-refractivity contribution in [3.63, 3.8) is 0 Å². The highest BCUT2D eigenvalue weighted by Gasteiger charge is 2.36. The predicted octanol–water partition coefficient (Wildman–Crippen LogP) is 1.78. The molecule has 1 fully saturated rings. The summed E-state index contributed by atoms with van der Waals surface area (Å²) >= 11 is 0. The molecule has 0 radical (unpaired) electrons. The maximum atomic E-state index is 5.57. The lowest BCUT2D eigenvalue weighted by Crippen LogP contribution is -2.61. The molecule has 0 bridgehead atoms. The maximum absolute atomic E-state index is 5.57. The third-order valence-corrected chi connectivity index (χ3v) is 3.28. The largest absolute Gasteiger partial charge is 0.375 e. The Labute approximate surface area is 91.6 Å². The molecule has 0 amide bonds. The van der Waals surface area contributed by atoms with Crippen LogP contribution in [0.1, 0.15) is 18.1 Å².